The number of amides is 1. The van der Waals surface area contributed by atoms with Gasteiger partial charge in [-0.15, -0.1) is 12.4 Å². The van der Waals surface area contributed by atoms with Crippen LogP contribution in [0.3, 0.4) is 0 Å². The number of piperidine rings is 1. The molecular weight excluding hydrogens is 304 g/mol. The summed E-state index contributed by atoms with van der Waals surface area (Å²) in [5.74, 6) is 1.98. The van der Waals surface area contributed by atoms with E-state index in [1.165, 1.54) is 12.0 Å². The molecule has 0 aromatic heterocycles. The second kappa shape index (κ2) is 9.34. The second-order valence-electron chi connectivity index (χ2n) is 5.45. The van der Waals surface area contributed by atoms with E-state index in [2.05, 4.69) is 6.26 Å². The molecule has 3 nitrogen and oxygen atoms in total. The van der Waals surface area contributed by atoms with E-state index >= 15 is 0 Å². The Labute approximate surface area is 138 Å². The number of carbonyl (C=O) groups is 1. The van der Waals surface area contributed by atoms with Gasteiger partial charge in [0.15, 0.2) is 0 Å². The molecular formula is C16H25ClN2OS. The average Bonchev–Trinajstić information content (AvgIpc) is 2.48. The Balaban J connectivity index is 0.00000220. The van der Waals surface area contributed by atoms with Crippen LogP contribution in [0.2, 0.25) is 0 Å². The Morgan fingerprint density at radius 2 is 2.10 bits per heavy atom. The SMILES string of the molecule is CSCC1CCCN(C(=O)c2ccc(CCN)cc2)C1.Cl. The maximum atomic E-state index is 12.5. The summed E-state index contributed by atoms with van der Waals surface area (Å²) in [7, 11) is 0. The summed E-state index contributed by atoms with van der Waals surface area (Å²) in [6, 6.07) is 7.91. The lowest BCUT2D eigenvalue weighted by Gasteiger charge is -2.32. The molecule has 1 atom stereocenters. The van der Waals surface area contributed by atoms with Gasteiger partial charge in [0, 0.05) is 18.7 Å². The summed E-state index contributed by atoms with van der Waals surface area (Å²) in [6.07, 6.45) is 5.38. The highest BCUT2D eigenvalue weighted by Crippen LogP contribution is 2.21. The first-order valence-corrected chi connectivity index (χ1v) is 8.71. The van der Waals surface area contributed by atoms with Crippen LogP contribution >= 0.6 is 24.2 Å². The van der Waals surface area contributed by atoms with Gasteiger partial charge in [-0.05, 0) is 61.4 Å². The van der Waals surface area contributed by atoms with Crippen molar-refractivity contribution in [2.75, 3.05) is 31.6 Å². The van der Waals surface area contributed by atoms with Crippen molar-refractivity contribution in [3.63, 3.8) is 0 Å². The summed E-state index contributed by atoms with van der Waals surface area (Å²) >= 11 is 1.88. The highest BCUT2D eigenvalue weighted by atomic mass is 35.5. The monoisotopic (exact) mass is 328 g/mol. The minimum Gasteiger partial charge on any atom is -0.338 e. The first-order valence-electron chi connectivity index (χ1n) is 7.32. The van der Waals surface area contributed by atoms with E-state index in [1.807, 2.05) is 40.9 Å². The fourth-order valence-corrected chi connectivity index (χ4v) is 3.53. The van der Waals surface area contributed by atoms with Crippen LogP contribution in [-0.4, -0.2) is 42.4 Å². The van der Waals surface area contributed by atoms with Crippen LogP contribution < -0.4 is 5.73 Å². The topological polar surface area (TPSA) is 46.3 Å². The molecule has 0 saturated carbocycles. The first-order chi connectivity index (χ1) is 9.74. The zero-order chi connectivity index (χ0) is 14.4. The predicted molar refractivity (Wildman–Crippen MR) is 93.5 cm³/mol. The van der Waals surface area contributed by atoms with Crippen LogP contribution in [0.25, 0.3) is 0 Å². The number of benzene rings is 1. The summed E-state index contributed by atoms with van der Waals surface area (Å²) in [5, 5.41) is 0. The van der Waals surface area contributed by atoms with Gasteiger partial charge < -0.3 is 10.6 Å². The van der Waals surface area contributed by atoms with E-state index in [1.54, 1.807) is 0 Å². The molecule has 1 unspecified atom stereocenters. The van der Waals surface area contributed by atoms with Gasteiger partial charge in [0.05, 0.1) is 0 Å². The molecule has 21 heavy (non-hydrogen) atoms. The molecule has 2 N–H and O–H groups in total. The number of hydrogen-bond acceptors (Lipinski definition) is 3. The van der Waals surface area contributed by atoms with Crippen molar-refractivity contribution < 1.29 is 4.79 Å². The quantitative estimate of drug-likeness (QED) is 0.904. The van der Waals surface area contributed by atoms with Crippen molar-refractivity contribution in [3.05, 3.63) is 35.4 Å². The Kier molecular flexibility index (Phi) is 8.15. The van der Waals surface area contributed by atoms with E-state index in [0.717, 1.165) is 37.2 Å². The van der Waals surface area contributed by atoms with Crippen molar-refractivity contribution in [2.24, 2.45) is 11.7 Å². The summed E-state index contributed by atoms with van der Waals surface area (Å²) in [4.78, 5) is 14.5. The third-order valence-electron chi connectivity index (χ3n) is 3.84. The van der Waals surface area contributed by atoms with E-state index in [-0.39, 0.29) is 18.3 Å². The molecule has 2 rings (SSSR count). The van der Waals surface area contributed by atoms with Gasteiger partial charge in [-0.1, -0.05) is 12.1 Å². The summed E-state index contributed by atoms with van der Waals surface area (Å²) < 4.78 is 0. The lowest BCUT2D eigenvalue weighted by atomic mass is 9.99. The number of thioether (sulfide) groups is 1. The highest BCUT2D eigenvalue weighted by Gasteiger charge is 2.23. The number of rotatable bonds is 5. The molecule has 1 amide bonds. The van der Waals surface area contributed by atoms with E-state index in [9.17, 15) is 4.79 Å². The van der Waals surface area contributed by atoms with Crippen molar-refractivity contribution >= 4 is 30.1 Å². The lowest BCUT2D eigenvalue weighted by Crippen LogP contribution is -2.40. The lowest BCUT2D eigenvalue weighted by molar-refractivity contribution is 0.0685. The number of nitrogens with two attached hydrogens (primary N) is 1. The van der Waals surface area contributed by atoms with Gasteiger partial charge in [-0.25, -0.2) is 0 Å². The van der Waals surface area contributed by atoms with E-state index in [4.69, 9.17) is 5.73 Å². The fraction of sp³-hybridized carbons (Fsp3) is 0.562. The molecule has 0 spiro atoms. The number of hydrogen-bond donors (Lipinski definition) is 1. The smallest absolute Gasteiger partial charge is 0.253 e. The highest BCUT2D eigenvalue weighted by molar-refractivity contribution is 7.98. The van der Waals surface area contributed by atoms with Gasteiger partial charge in [0.25, 0.3) is 5.91 Å². The standard InChI is InChI=1S/C16H24N2OS.ClH/c1-20-12-14-3-2-10-18(11-14)16(19)15-6-4-13(5-7-15)8-9-17;/h4-7,14H,2-3,8-12,17H2,1H3;1H. The van der Waals surface area contributed by atoms with Crippen molar-refractivity contribution in [2.45, 2.75) is 19.3 Å². The number of likely N-dealkylation sites (tertiary alicyclic amines) is 1. The van der Waals surface area contributed by atoms with E-state index in [0.29, 0.717) is 12.5 Å². The van der Waals surface area contributed by atoms with Gasteiger partial charge in [-0.3, -0.25) is 4.79 Å². The molecule has 0 radical (unpaired) electrons. The van der Waals surface area contributed by atoms with Crippen LogP contribution in [0.15, 0.2) is 24.3 Å². The Hall–Kier alpha value is -0.710. The maximum absolute atomic E-state index is 12.5. The molecule has 1 heterocycles. The normalized spacial score (nSPS) is 18.2. The van der Waals surface area contributed by atoms with Gasteiger partial charge in [0.2, 0.25) is 0 Å². The van der Waals surface area contributed by atoms with Crippen molar-refractivity contribution in [1.82, 2.24) is 4.90 Å². The summed E-state index contributed by atoms with van der Waals surface area (Å²) in [5.41, 5.74) is 7.54. The molecule has 1 aromatic carbocycles. The minimum absolute atomic E-state index is 0. The molecule has 1 saturated heterocycles. The zero-order valence-corrected chi connectivity index (χ0v) is 14.2. The molecule has 0 bridgehead atoms. The predicted octanol–water partition coefficient (Wildman–Crippen LogP) is 2.82. The van der Waals surface area contributed by atoms with Gasteiger partial charge >= 0.3 is 0 Å². The Morgan fingerprint density at radius 3 is 2.71 bits per heavy atom. The largest absolute Gasteiger partial charge is 0.338 e. The molecule has 1 fully saturated rings. The van der Waals surface area contributed by atoms with Crippen LogP contribution in [0.4, 0.5) is 0 Å². The first kappa shape index (κ1) is 18.3. The molecule has 0 aliphatic carbocycles. The molecule has 1 aliphatic heterocycles. The Bertz CT molecular complexity index is 436. The number of carbonyl (C=O) groups excluding carboxylic acids is 1. The van der Waals surface area contributed by atoms with Gasteiger partial charge in [0.1, 0.15) is 0 Å². The molecule has 1 aromatic rings. The molecule has 1 aliphatic rings. The molecule has 5 heteroatoms. The summed E-state index contributed by atoms with van der Waals surface area (Å²) in [6.45, 7) is 2.45. The Morgan fingerprint density at radius 1 is 1.38 bits per heavy atom. The second-order valence-corrected chi connectivity index (χ2v) is 6.36. The third-order valence-corrected chi connectivity index (χ3v) is 4.65. The van der Waals surface area contributed by atoms with Crippen molar-refractivity contribution in [3.8, 4) is 0 Å². The maximum Gasteiger partial charge on any atom is 0.253 e. The van der Waals surface area contributed by atoms with Crippen molar-refractivity contribution in [1.29, 1.82) is 0 Å². The zero-order valence-electron chi connectivity index (χ0n) is 12.6. The third kappa shape index (κ3) is 5.20. The van der Waals surface area contributed by atoms with Crippen LogP contribution in [0, 0.1) is 5.92 Å². The number of halogens is 1. The van der Waals surface area contributed by atoms with Crippen LogP contribution in [-0.2, 0) is 6.42 Å². The van der Waals surface area contributed by atoms with Crippen LogP contribution in [0.5, 0.6) is 0 Å². The molecule has 118 valence electrons. The minimum atomic E-state index is 0. The average molecular weight is 329 g/mol. The van der Waals surface area contributed by atoms with Crippen LogP contribution in [0.1, 0.15) is 28.8 Å². The van der Waals surface area contributed by atoms with Gasteiger partial charge in [-0.2, -0.15) is 11.8 Å². The van der Waals surface area contributed by atoms with E-state index < -0.39 is 0 Å². The fourth-order valence-electron chi connectivity index (χ4n) is 2.78. The number of nitrogens with zero attached hydrogens (tertiary/aromatic N) is 1.